The van der Waals surface area contributed by atoms with Gasteiger partial charge in [-0.2, -0.15) is 4.31 Å². The van der Waals surface area contributed by atoms with Crippen molar-refractivity contribution in [2.24, 2.45) is 0 Å². The summed E-state index contributed by atoms with van der Waals surface area (Å²) in [6, 6.07) is 0. The van der Waals surface area contributed by atoms with Crippen molar-refractivity contribution in [2.75, 3.05) is 58.9 Å². The van der Waals surface area contributed by atoms with Crippen LogP contribution in [-0.4, -0.2) is 92.5 Å². The van der Waals surface area contributed by atoms with Crippen molar-refractivity contribution in [3.63, 3.8) is 0 Å². The maximum absolute atomic E-state index is 13.0. The summed E-state index contributed by atoms with van der Waals surface area (Å²) in [6.45, 7) is 9.47. The summed E-state index contributed by atoms with van der Waals surface area (Å²) in [7, 11) is -3.61. The number of nitrogens with one attached hydrogen (secondary N) is 1. The second-order valence-corrected chi connectivity index (χ2v) is 9.01. The summed E-state index contributed by atoms with van der Waals surface area (Å²) < 4.78 is 32.5. The molecule has 2 aliphatic heterocycles. The van der Waals surface area contributed by atoms with Crippen LogP contribution in [0.1, 0.15) is 24.3 Å². The quantitative estimate of drug-likeness (QED) is 0.733. The van der Waals surface area contributed by atoms with Crippen LogP contribution in [0.2, 0.25) is 0 Å². The predicted molar refractivity (Wildman–Crippen MR) is 99.9 cm³/mol. The number of carbonyl (C=O) groups excluding carboxylic acids is 1. The highest BCUT2D eigenvalue weighted by Gasteiger charge is 2.32. The standard InChI is InChI=1S/C17H29N5O4S/c1-14-17(15(2)26-19-14)27(24,25)22-8-3-7-20(12-13-22)9-4-16(23)21-10-5-18-6-11-21/h18H,3-13H2,1-2H3. The van der Waals surface area contributed by atoms with Gasteiger partial charge >= 0.3 is 0 Å². The molecular formula is C17H29N5O4S. The average Bonchev–Trinajstić information content (AvgIpc) is 2.86. The molecule has 3 rings (SSSR count). The molecule has 152 valence electrons. The van der Waals surface area contributed by atoms with E-state index in [1.165, 1.54) is 4.31 Å². The molecule has 3 heterocycles. The highest BCUT2D eigenvalue weighted by molar-refractivity contribution is 7.89. The van der Waals surface area contributed by atoms with Gasteiger partial charge < -0.3 is 19.6 Å². The van der Waals surface area contributed by atoms with E-state index in [1.54, 1.807) is 13.8 Å². The third-order valence-electron chi connectivity index (χ3n) is 5.22. The molecule has 27 heavy (non-hydrogen) atoms. The second kappa shape index (κ2) is 8.68. The molecule has 1 amide bonds. The highest BCUT2D eigenvalue weighted by Crippen LogP contribution is 2.24. The number of sulfonamides is 1. The number of nitrogens with zero attached hydrogens (tertiary/aromatic N) is 4. The minimum atomic E-state index is -3.61. The van der Waals surface area contributed by atoms with E-state index in [4.69, 9.17) is 4.52 Å². The Hall–Kier alpha value is -1.49. The smallest absolute Gasteiger partial charge is 0.248 e. The summed E-state index contributed by atoms with van der Waals surface area (Å²) in [6.07, 6.45) is 1.22. The molecule has 2 aliphatic rings. The van der Waals surface area contributed by atoms with Crippen LogP contribution in [0.5, 0.6) is 0 Å². The van der Waals surface area contributed by atoms with Gasteiger partial charge in [-0.05, 0) is 26.8 Å². The lowest BCUT2D eigenvalue weighted by Crippen LogP contribution is -2.47. The Kier molecular flexibility index (Phi) is 6.51. The van der Waals surface area contributed by atoms with Crippen LogP contribution in [0, 0.1) is 13.8 Å². The van der Waals surface area contributed by atoms with Gasteiger partial charge in [0.05, 0.1) is 0 Å². The molecule has 10 heteroatoms. The normalized spacial score (nSPS) is 20.6. The Morgan fingerprint density at radius 1 is 1.11 bits per heavy atom. The van der Waals surface area contributed by atoms with Crippen molar-refractivity contribution in [3.8, 4) is 0 Å². The Morgan fingerprint density at radius 3 is 2.52 bits per heavy atom. The molecule has 1 aromatic rings. The Morgan fingerprint density at radius 2 is 1.85 bits per heavy atom. The number of aromatic nitrogens is 1. The van der Waals surface area contributed by atoms with E-state index in [-0.39, 0.29) is 10.8 Å². The Balaban J connectivity index is 1.55. The van der Waals surface area contributed by atoms with Crippen molar-refractivity contribution in [2.45, 2.75) is 31.6 Å². The van der Waals surface area contributed by atoms with Gasteiger partial charge in [-0.3, -0.25) is 4.79 Å². The van der Waals surface area contributed by atoms with Crippen molar-refractivity contribution >= 4 is 15.9 Å². The van der Waals surface area contributed by atoms with Crippen molar-refractivity contribution in [1.82, 2.24) is 24.6 Å². The third kappa shape index (κ3) is 4.68. The summed E-state index contributed by atoms with van der Waals surface area (Å²) in [4.78, 5) is 16.6. The van der Waals surface area contributed by atoms with Gasteiger partial charge in [-0.25, -0.2) is 8.42 Å². The molecule has 0 saturated carbocycles. The number of rotatable bonds is 5. The lowest BCUT2D eigenvalue weighted by atomic mass is 10.3. The zero-order chi connectivity index (χ0) is 19.4. The first kappa shape index (κ1) is 20.2. The monoisotopic (exact) mass is 399 g/mol. The predicted octanol–water partition coefficient (Wildman–Crippen LogP) is -0.190. The topological polar surface area (TPSA) is 99.0 Å². The van der Waals surface area contributed by atoms with Gasteiger partial charge in [0.1, 0.15) is 10.6 Å². The van der Waals surface area contributed by atoms with Crippen LogP contribution >= 0.6 is 0 Å². The fourth-order valence-corrected chi connectivity index (χ4v) is 5.47. The summed E-state index contributed by atoms with van der Waals surface area (Å²) in [5.41, 5.74) is 0.398. The van der Waals surface area contributed by atoms with Crippen LogP contribution < -0.4 is 5.32 Å². The van der Waals surface area contributed by atoms with Gasteiger partial charge in [0.15, 0.2) is 5.76 Å². The van der Waals surface area contributed by atoms with Gasteiger partial charge in [0.25, 0.3) is 0 Å². The number of carbonyl (C=O) groups is 1. The first-order valence-electron chi connectivity index (χ1n) is 9.53. The van der Waals surface area contributed by atoms with Crippen LogP contribution in [0.15, 0.2) is 9.42 Å². The number of hydrogen-bond acceptors (Lipinski definition) is 7. The highest BCUT2D eigenvalue weighted by atomic mass is 32.2. The number of piperazine rings is 1. The average molecular weight is 400 g/mol. The molecule has 0 unspecified atom stereocenters. The molecule has 1 aromatic heterocycles. The van der Waals surface area contributed by atoms with Crippen molar-refractivity contribution in [3.05, 3.63) is 11.5 Å². The van der Waals surface area contributed by atoms with E-state index in [1.807, 2.05) is 4.90 Å². The molecule has 2 saturated heterocycles. The Labute approximate surface area is 160 Å². The molecular weight excluding hydrogens is 370 g/mol. The largest absolute Gasteiger partial charge is 0.360 e. The van der Waals surface area contributed by atoms with Gasteiger partial charge in [0, 0.05) is 58.8 Å². The molecule has 0 spiro atoms. The molecule has 0 bridgehead atoms. The summed E-state index contributed by atoms with van der Waals surface area (Å²) >= 11 is 0. The molecule has 0 atom stereocenters. The zero-order valence-electron chi connectivity index (χ0n) is 16.1. The summed E-state index contributed by atoms with van der Waals surface area (Å²) in [5.74, 6) is 0.510. The molecule has 9 nitrogen and oxygen atoms in total. The molecule has 1 N–H and O–H groups in total. The van der Waals surface area contributed by atoms with E-state index >= 15 is 0 Å². The van der Waals surface area contributed by atoms with E-state index in [0.717, 1.165) is 39.1 Å². The number of hydrogen-bond donors (Lipinski definition) is 1. The lowest BCUT2D eigenvalue weighted by molar-refractivity contribution is -0.132. The van der Waals surface area contributed by atoms with Crippen molar-refractivity contribution < 1.29 is 17.7 Å². The fourth-order valence-electron chi connectivity index (χ4n) is 3.71. The molecule has 2 fully saturated rings. The second-order valence-electron chi connectivity index (χ2n) is 7.13. The zero-order valence-corrected chi connectivity index (χ0v) is 16.9. The van der Waals surface area contributed by atoms with E-state index < -0.39 is 10.0 Å². The van der Waals surface area contributed by atoms with Crippen LogP contribution in [0.25, 0.3) is 0 Å². The molecule has 0 radical (unpaired) electrons. The van der Waals surface area contributed by atoms with Crippen molar-refractivity contribution in [1.29, 1.82) is 0 Å². The summed E-state index contributed by atoms with van der Waals surface area (Å²) in [5, 5.41) is 7.01. The fraction of sp³-hybridized carbons (Fsp3) is 0.765. The number of aryl methyl sites for hydroxylation is 2. The van der Waals surface area contributed by atoms with Gasteiger partial charge in [0.2, 0.25) is 15.9 Å². The van der Waals surface area contributed by atoms with Gasteiger partial charge in [-0.1, -0.05) is 5.16 Å². The van der Waals surface area contributed by atoms with Crippen LogP contribution in [0.4, 0.5) is 0 Å². The molecule has 0 aliphatic carbocycles. The minimum absolute atomic E-state index is 0.181. The van der Waals surface area contributed by atoms with Gasteiger partial charge in [-0.15, -0.1) is 0 Å². The maximum Gasteiger partial charge on any atom is 0.248 e. The SMILES string of the molecule is Cc1noc(C)c1S(=O)(=O)N1CCCN(CCC(=O)N2CCNCC2)CC1. The molecule has 0 aromatic carbocycles. The first-order chi connectivity index (χ1) is 12.9. The third-order valence-corrected chi connectivity index (χ3v) is 7.37. The minimum Gasteiger partial charge on any atom is -0.360 e. The maximum atomic E-state index is 13.0. The Bertz CT molecular complexity index is 738. The van der Waals surface area contributed by atoms with E-state index in [9.17, 15) is 13.2 Å². The lowest BCUT2D eigenvalue weighted by Gasteiger charge is -2.28. The van der Waals surface area contributed by atoms with E-state index in [0.29, 0.717) is 44.1 Å². The van der Waals surface area contributed by atoms with Crippen LogP contribution in [-0.2, 0) is 14.8 Å². The van der Waals surface area contributed by atoms with E-state index in [2.05, 4.69) is 15.4 Å². The van der Waals surface area contributed by atoms with Crippen LogP contribution in [0.3, 0.4) is 0 Å². The first-order valence-corrected chi connectivity index (χ1v) is 11.0. The number of amides is 1.